The average molecular weight is 343 g/mol. The van der Waals surface area contributed by atoms with E-state index in [-0.39, 0.29) is 29.8 Å². The van der Waals surface area contributed by atoms with E-state index in [0.29, 0.717) is 25.9 Å². The molecule has 1 saturated heterocycles. The molecule has 2 N–H and O–H groups in total. The molecule has 0 atom stereocenters. The molecule has 0 aromatic heterocycles. The highest BCUT2D eigenvalue weighted by atomic mass is 32.2. The summed E-state index contributed by atoms with van der Waals surface area (Å²) < 4.78 is 39.9. The van der Waals surface area contributed by atoms with Crippen molar-refractivity contribution in [2.45, 2.75) is 17.7 Å². The SMILES string of the molecule is CNCCNC(=O)C1CCN(S(=O)(=O)c2ccccc2F)CC1. The molecule has 1 heterocycles. The summed E-state index contributed by atoms with van der Waals surface area (Å²) in [6.07, 6.45) is 0.887. The normalized spacial score (nSPS) is 17.1. The quantitative estimate of drug-likeness (QED) is 0.740. The number of hydrogen-bond donors (Lipinski definition) is 2. The van der Waals surface area contributed by atoms with Gasteiger partial charge in [0.1, 0.15) is 10.7 Å². The molecule has 2 rings (SSSR count). The lowest BCUT2D eigenvalue weighted by Crippen LogP contribution is -2.44. The van der Waals surface area contributed by atoms with Crippen molar-refractivity contribution in [3.8, 4) is 0 Å². The van der Waals surface area contributed by atoms with Crippen LogP contribution in [0.4, 0.5) is 4.39 Å². The Balaban J connectivity index is 1.96. The first-order valence-electron chi connectivity index (χ1n) is 7.64. The van der Waals surface area contributed by atoms with Crippen molar-refractivity contribution in [1.29, 1.82) is 0 Å². The standard InChI is InChI=1S/C15H22FN3O3S/c1-17-8-9-18-15(20)12-6-10-19(11-7-12)23(21,22)14-5-3-2-4-13(14)16/h2-5,12,17H,6-11H2,1H3,(H,18,20). The largest absolute Gasteiger partial charge is 0.355 e. The van der Waals surface area contributed by atoms with Gasteiger partial charge in [-0.25, -0.2) is 12.8 Å². The lowest BCUT2D eigenvalue weighted by Gasteiger charge is -2.30. The predicted octanol–water partition coefficient (Wildman–Crippen LogP) is 0.562. The molecule has 0 bridgehead atoms. The second kappa shape index (κ2) is 7.85. The van der Waals surface area contributed by atoms with Gasteiger partial charge >= 0.3 is 0 Å². The minimum absolute atomic E-state index is 0.0526. The molecule has 0 aliphatic carbocycles. The van der Waals surface area contributed by atoms with Gasteiger partial charge in [0, 0.05) is 32.1 Å². The van der Waals surface area contributed by atoms with Crippen LogP contribution in [0.3, 0.4) is 0 Å². The fraction of sp³-hybridized carbons (Fsp3) is 0.533. The van der Waals surface area contributed by atoms with Crippen molar-refractivity contribution in [2.24, 2.45) is 5.92 Å². The number of benzene rings is 1. The summed E-state index contributed by atoms with van der Waals surface area (Å²) in [5.41, 5.74) is 0. The Labute approximate surface area is 136 Å². The van der Waals surface area contributed by atoms with Gasteiger partial charge in [-0.1, -0.05) is 12.1 Å². The molecule has 1 fully saturated rings. The van der Waals surface area contributed by atoms with Gasteiger partial charge in [-0.05, 0) is 32.0 Å². The zero-order valence-corrected chi connectivity index (χ0v) is 13.9. The van der Waals surface area contributed by atoms with E-state index in [9.17, 15) is 17.6 Å². The number of nitrogens with zero attached hydrogens (tertiary/aromatic N) is 1. The molecule has 1 aliphatic rings. The van der Waals surface area contributed by atoms with Crippen molar-refractivity contribution in [2.75, 3.05) is 33.2 Å². The first-order valence-corrected chi connectivity index (χ1v) is 9.08. The maximum atomic E-state index is 13.7. The fourth-order valence-electron chi connectivity index (χ4n) is 2.61. The Kier molecular flexibility index (Phi) is 6.09. The Morgan fingerprint density at radius 1 is 1.26 bits per heavy atom. The zero-order valence-electron chi connectivity index (χ0n) is 13.1. The minimum Gasteiger partial charge on any atom is -0.355 e. The molecule has 8 heteroatoms. The lowest BCUT2D eigenvalue weighted by atomic mass is 9.97. The summed E-state index contributed by atoms with van der Waals surface area (Å²) in [4.78, 5) is 11.7. The van der Waals surface area contributed by atoms with E-state index < -0.39 is 15.8 Å². The van der Waals surface area contributed by atoms with Gasteiger partial charge in [0.2, 0.25) is 15.9 Å². The van der Waals surface area contributed by atoms with Gasteiger partial charge in [0.25, 0.3) is 0 Å². The number of amides is 1. The number of halogens is 1. The van der Waals surface area contributed by atoms with E-state index in [2.05, 4.69) is 10.6 Å². The van der Waals surface area contributed by atoms with Gasteiger partial charge in [0.05, 0.1) is 0 Å². The predicted molar refractivity (Wildman–Crippen MR) is 84.8 cm³/mol. The van der Waals surface area contributed by atoms with Crippen LogP contribution in [0.2, 0.25) is 0 Å². The number of hydrogen-bond acceptors (Lipinski definition) is 4. The Bertz CT molecular complexity index is 643. The molecule has 6 nitrogen and oxygen atoms in total. The highest BCUT2D eigenvalue weighted by molar-refractivity contribution is 7.89. The highest BCUT2D eigenvalue weighted by Gasteiger charge is 2.33. The summed E-state index contributed by atoms with van der Waals surface area (Å²) in [6, 6.07) is 5.35. The average Bonchev–Trinajstić information content (AvgIpc) is 2.55. The fourth-order valence-corrected chi connectivity index (χ4v) is 4.14. The van der Waals surface area contributed by atoms with Gasteiger partial charge in [-0.15, -0.1) is 0 Å². The topological polar surface area (TPSA) is 78.5 Å². The Morgan fingerprint density at radius 3 is 2.52 bits per heavy atom. The van der Waals surface area contributed by atoms with Crippen molar-refractivity contribution < 1.29 is 17.6 Å². The molecule has 23 heavy (non-hydrogen) atoms. The van der Waals surface area contributed by atoms with E-state index in [0.717, 1.165) is 6.07 Å². The Hall–Kier alpha value is -1.51. The van der Waals surface area contributed by atoms with Gasteiger partial charge in [-0.2, -0.15) is 4.31 Å². The number of carbonyl (C=O) groups excluding carboxylic acids is 1. The molecule has 0 saturated carbocycles. The summed E-state index contributed by atoms with van der Waals surface area (Å²) >= 11 is 0. The number of piperidine rings is 1. The molecular weight excluding hydrogens is 321 g/mol. The first-order chi connectivity index (χ1) is 11.0. The molecular formula is C15H22FN3O3S. The van der Waals surface area contributed by atoms with Crippen LogP contribution in [-0.2, 0) is 14.8 Å². The van der Waals surface area contributed by atoms with E-state index in [1.165, 1.54) is 22.5 Å². The van der Waals surface area contributed by atoms with Gasteiger partial charge < -0.3 is 10.6 Å². The van der Waals surface area contributed by atoms with Crippen LogP contribution >= 0.6 is 0 Å². The third-order valence-corrected chi connectivity index (χ3v) is 5.89. The number of sulfonamides is 1. The van der Waals surface area contributed by atoms with E-state index in [4.69, 9.17) is 0 Å². The van der Waals surface area contributed by atoms with E-state index in [1.807, 2.05) is 0 Å². The second-order valence-corrected chi connectivity index (χ2v) is 7.41. The van der Waals surface area contributed by atoms with Crippen LogP contribution in [0.15, 0.2) is 29.2 Å². The van der Waals surface area contributed by atoms with Crippen molar-refractivity contribution in [1.82, 2.24) is 14.9 Å². The van der Waals surface area contributed by atoms with E-state index in [1.54, 1.807) is 7.05 Å². The Morgan fingerprint density at radius 2 is 1.91 bits per heavy atom. The van der Waals surface area contributed by atoms with Gasteiger partial charge in [0.15, 0.2) is 0 Å². The molecule has 0 radical (unpaired) electrons. The molecule has 0 spiro atoms. The van der Waals surface area contributed by atoms with E-state index >= 15 is 0 Å². The number of likely N-dealkylation sites (N-methyl/N-ethyl adjacent to an activating group) is 1. The molecule has 1 aliphatic heterocycles. The van der Waals surface area contributed by atoms with Crippen LogP contribution in [0, 0.1) is 11.7 Å². The molecule has 128 valence electrons. The summed E-state index contributed by atoms with van der Waals surface area (Å²) in [6.45, 7) is 1.68. The smallest absolute Gasteiger partial charge is 0.245 e. The van der Waals surface area contributed by atoms with Crippen molar-refractivity contribution >= 4 is 15.9 Å². The summed E-state index contributed by atoms with van der Waals surface area (Å²) in [7, 11) is -2.04. The summed E-state index contributed by atoms with van der Waals surface area (Å²) in [5.74, 6) is -0.999. The third-order valence-electron chi connectivity index (χ3n) is 3.95. The minimum atomic E-state index is -3.85. The maximum absolute atomic E-state index is 13.7. The molecule has 1 amide bonds. The van der Waals surface area contributed by atoms with Crippen LogP contribution in [0.5, 0.6) is 0 Å². The first kappa shape index (κ1) is 17.8. The van der Waals surface area contributed by atoms with Crippen LogP contribution in [0.1, 0.15) is 12.8 Å². The van der Waals surface area contributed by atoms with Crippen LogP contribution < -0.4 is 10.6 Å². The summed E-state index contributed by atoms with van der Waals surface area (Å²) in [5, 5.41) is 5.76. The van der Waals surface area contributed by atoms with Crippen LogP contribution in [-0.4, -0.2) is 51.9 Å². The van der Waals surface area contributed by atoms with Gasteiger partial charge in [-0.3, -0.25) is 4.79 Å². The van der Waals surface area contributed by atoms with Crippen molar-refractivity contribution in [3.05, 3.63) is 30.1 Å². The van der Waals surface area contributed by atoms with Crippen LogP contribution in [0.25, 0.3) is 0 Å². The molecule has 0 unspecified atom stereocenters. The second-order valence-electron chi connectivity index (χ2n) is 5.50. The highest BCUT2D eigenvalue weighted by Crippen LogP contribution is 2.25. The monoisotopic (exact) mass is 343 g/mol. The third kappa shape index (κ3) is 4.27. The number of rotatable bonds is 6. The number of carbonyl (C=O) groups is 1. The molecule has 1 aromatic rings. The lowest BCUT2D eigenvalue weighted by molar-refractivity contribution is -0.126. The number of nitrogens with one attached hydrogen (secondary N) is 2. The maximum Gasteiger partial charge on any atom is 0.245 e. The molecule has 1 aromatic carbocycles. The van der Waals surface area contributed by atoms with Crippen molar-refractivity contribution in [3.63, 3.8) is 0 Å². The zero-order chi connectivity index (χ0) is 16.9.